The van der Waals surface area contributed by atoms with E-state index in [4.69, 9.17) is 16.3 Å². The number of ether oxygens (including phenoxy) is 1. The third-order valence-electron chi connectivity index (χ3n) is 4.06. The molecule has 18 heavy (non-hydrogen) atoms. The summed E-state index contributed by atoms with van der Waals surface area (Å²) in [4.78, 5) is 0. The van der Waals surface area contributed by atoms with Gasteiger partial charge in [0.25, 0.3) is 0 Å². The standard InChI is InChI=1S/C15H18ClNO/c1-10(2)11-7-15(8-11,9-17)13-6-12(16)4-5-14(13)18-3/h4-6,10-11H,7-8H2,1-3H3. The molecule has 1 saturated carbocycles. The first-order valence-electron chi connectivity index (χ1n) is 6.27. The van der Waals surface area contributed by atoms with E-state index in [9.17, 15) is 5.26 Å². The average molecular weight is 264 g/mol. The van der Waals surface area contributed by atoms with E-state index in [0.29, 0.717) is 16.9 Å². The molecule has 0 aromatic heterocycles. The molecule has 2 rings (SSSR count). The SMILES string of the molecule is COc1ccc(Cl)cc1C1(C#N)CC(C(C)C)C1. The van der Waals surface area contributed by atoms with E-state index in [-0.39, 0.29) is 0 Å². The van der Waals surface area contributed by atoms with Gasteiger partial charge in [-0.25, -0.2) is 0 Å². The topological polar surface area (TPSA) is 33.0 Å². The molecule has 0 heterocycles. The highest BCUT2D eigenvalue weighted by molar-refractivity contribution is 6.30. The molecule has 96 valence electrons. The maximum Gasteiger partial charge on any atom is 0.123 e. The largest absolute Gasteiger partial charge is 0.496 e. The number of nitriles is 1. The molecule has 0 N–H and O–H groups in total. The van der Waals surface area contributed by atoms with Gasteiger partial charge < -0.3 is 4.74 Å². The lowest BCUT2D eigenvalue weighted by Gasteiger charge is -2.45. The second kappa shape index (κ2) is 4.82. The van der Waals surface area contributed by atoms with E-state index in [2.05, 4.69) is 19.9 Å². The third-order valence-corrected chi connectivity index (χ3v) is 4.29. The highest BCUT2D eigenvalue weighted by Crippen LogP contribution is 2.52. The van der Waals surface area contributed by atoms with Crippen LogP contribution in [0.4, 0.5) is 0 Å². The maximum absolute atomic E-state index is 9.55. The van der Waals surface area contributed by atoms with E-state index in [1.54, 1.807) is 13.2 Å². The van der Waals surface area contributed by atoms with Gasteiger partial charge in [-0.2, -0.15) is 5.26 Å². The quantitative estimate of drug-likeness (QED) is 0.820. The normalized spacial score (nSPS) is 26.6. The summed E-state index contributed by atoms with van der Waals surface area (Å²) in [6.07, 6.45) is 1.80. The third kappa shape index (κ3) is 2.08. The second-order valence-electron chi connectivity index (χ2n) is 5.45. The summed E-state index contributed by atoms with van der Waals surface area (Å²) >= 11 is 6.05. The maximum atomic E-state index is 9.55. The molecule has 1 fully saturated rings. The lowest BCUT2D eigenvalue weighted by molar-refractivity contribution is 0.142. The van der Waals surface area contributed by atoms with Crippen molar-refractivity contribution in [2.45, 2.75) is 32.1 Å². The zero-order valence-corrected chi connectivity index (χ0v) is 11.8. The smallest absolute Gasteiger partial charge is 0.123 e. The van der Waals surface area contributed by atoms with E-state index in [1.165, 1.54) is 0 Å². The van der Waals surface area contributed by atoms with Gasteiger partial charge in [-0.15, -0.1) is 0 Å². The molecule has 0 unspecified atom stereocenters. The van der Waals surface area contributed by atoms with Crippen LogP contribution < -0.4 is 4.74 Å². The lowest BCUT2D eigenvalue weighted by Crippen LogP contribution is -2.42. The Morgan fingerprint density at radius 1 is 1.44 bits per heavy atom. The Kier molecular flexibility index (Phi) is 3.54. The summed E-state index contributed by atoms with van der Waals surface area (Å²) in [6, 6.07) is 8.00. The first-order chi connectivity index (χ1) is 8.52. The molecule has 0 saturated heterocycles. The molecule has 1 aromatic rings. The number of methoxy groups -OCH3 is 1. The van der Waals surface area contributed by atoms with Gasteiger partial charge in [-0.1, -0.05) is 25.4 Å². The van der Waals surface area contributed by atoms with Gasteiger partial charge >= 0.3 is 0 Å². The fraction of sp³-hybridized carbons (Fsp3) is 0.533. The molecule has 1 aliphatic rings. The minimum absolute atomic E-state index is 0.412. The summed E-state index contributed by atoms with van der Waals surface area (Å²) < 4.78 is 5.37. The first kappa shape index (κ1) is 13.2. The lowest BCUT2D eigenvalue weighted by atomic mass is 9.56. The van der Waals surface area contributed by atoms with Crippen LogP contribution in [0.2, 0.25) is 5.02 Å². The molecule has 0 amide bonds. The van der Waals surface area contributed by atoms with Crippen LogP contribution in [0.5, 0.6) is 5.75 Å². The zero-order valence-electron chi connectivity index (χ0n) is 11.0. The molecular formula is C15H18ClNO. The Labute approximate surface area is 114 Å². The monoisotopic (exact) mass is 263 g/mol. The summed E-state index contributed by atoms with van der Waals surface area (Å²) in [6.45, 7) is 4.42. The Morgan fingerprint density at radius 3 is 2.61 bits per heavy atom. The van der Waals surface area contributed by atoms with Gasteiger partial charge in [0.2, 0.25) is 0 Å². The summed E-state index contributed by atoms with van der Waals surface area (Å²) in [5.74, 6) is 2.01. The molecule has 0 spiro atoms. The van der Waals surface area contributed by atoms with Crippen LogP contribution in [0.3, 0.4) is 0 Å². The minimum atomic E-state index is -0.412. The number of benzene rings is 1. The molecule has 0 radical (unpaired) electrons. The van der Waals surface area contributed by atoms with Crippen molar-refractivity contribution in [1.29, 1.82) is 5.26 Å². The minimum Gasteiger partial charge on any atom is -0.496 e. The van der Waals surface area contributed by atoms with Gasteiger partial charge in [0.15, 0.2) is 0 Å². The fourth-order valence-corrected chi connectivity index (χ4v) is 2.90. The van der Waals surface area contributed by atoms with Crippen LogP contribution >= 0.6 is 11.6 Å². The van der Waals surface area contributed by atoms with Crippen LogP contribution in [-0.2, 0) is 5.41 Å². The molecule has 1 aliphatic carbocycles. The summed E-state index contributed by atoms with van der Waals surface area (Å²) in [5.41, 5.74) is 0.530. The van der Waals surface area contributed by atoms with Crippen LogP contribution in [0.25, 0.3) is 0 Å². The Morgan fingerprint density at radius 2 is 2.11 bits per heavy atom. The van der Waals surface area contributed by atoms with Crippen LogP contribution in [0.1, 0.15) is 32.3 Å². The van der Waals surface area contributed by atoms with Gasteiger partial charge in [0, 0.05) is 10.6 Å². The predicted molar refractivity (Wildman–Crippen MR) is 72.9 cm³/mol. The van der Waals surface area contributed by atoms with Crippen LogP contribution in [0.15, 0.2) is 18.2 Å². The summed E-state index contributed by atoms with van der Waals surface area (Å²) in [7, 11) is 1.64. The van der Waals surface area contributed by atoms with Gasteiger partial charge in [-0.3, -0.25) is 0 Å². The number of halogens is 1. The van der Waals surface area contributed by atoms with E-state index >= 15 is 0 Å². The van der Waals surface area contributed by atoms with Crippen molar-refractivity contribution in [2.24, 2.45) is 11.8 Å². The van der Waals surface area contributed by atoms with E-state index in [1.807, 2.05) is 12.1 Å². The molecule has 0 aliphatic heterocycles. The van der Waals surface area contributed by atoms with Crippen molar-refractivity contribution in [3.63, 3.8) is 0 Å². The number of nitrogens with zero attached hydrogens (tertiary/aromatic N) is 1. The van der Waals surface area contributed by atoms with Gasteiger partial charge in [-0.05, 0) is 42.9 Å². The highest BCUT2D eigenvalue weighted by atomic mass is 35.5. The Balaban J connectivity index is 2.36. The van der Waals surface area contributed by atoms with Crippen molar-refractivity contribution in [1.82, 2.24) is 0 Å². The molecular weight excluding hydrogens is 246 g/mol. The van der Waals surface area contributed by atoms with Crippen molar-refractivity contribution in [3.8, 4) is 11.8 Å². The zero-order chi connectivity index (χ0) is 13.3. The van der Waals surface area contributed by atoms with E-state index < -0.39 is 5.41 Å². The highest BCUT2D eigenvalue weighted by Gasteiger charge is 2.48. The number of hydrogen-bond donors (Lipinski definition) is 0. The average Bonchev–Trinajstić information content (AvgIpc) is 2.28. The predicted octanol–water partition coefficient (Wildman–Crippen LogP) is 4.18. The molecule has 2 nitrogen and oxygen atoms in total. The molecule has 0 bridgehead atoms. The molecule has 3 heteroatoms. The fourth-order valence-electron chi connectivity index (χ4n) is 2.73. The van der Waals surface area contributed by atoms with Crippen molar-refractivity contribution >= 4 is 11.6 Å². The van der Waals surface area contributed by atoms with Gasteiger partial charge in [0.05, 0.1) is 18.6 Å². The number of hydrogen-bond acceptors (Lipinski definition) is 2. The van der Waals surface area contributed by atoms with Gasteiger partial charge in [0.1, 0.15) is 5.75 Å². The van der Waals surface area contributed by atoms with Crippen molar-refractivity contribution in [2.75, 3.05) is 7.11 Å². The van der Waals surface area contributed by atoms with E-state index in [0.717, 1.165) is 24.2 Å². The van der Waals surface area contributed by atoms with Crippen molar-refractivity contribution < 1.29 is 4.74 Å². The van der Waals surface area contributed by atoms with Crippen molar-refractivity contribution in [3.05, 3.63) is 28.8 Å². The van der Waals surface area contributed by atoms with Crippen LogP contribution in [0, 0.1) is 23.2 Å². The first-order valence-corrected chi connectivity index (χ1v) is 6.65. The number of rotatable bonds is 3. The molecule has 1 aromatic carbocycles. The second-order valence-corrected chi connectivity index (χ2v) is 5.89. The Hall–Kier alpha value is -1.20. The Bertz CT molecular complexity index is 484. The molecule has 0 atom stereocenters. The van der Waals surface area contributed by atoms with Crippen LogP contribution in [-0.4, -0.2) is 7.11 Å². The summed E-state index contributed by atoms with van der Waals surface area (Å²) in [5, 5.41) is 10.2.